The van der Waals surface area contributed by atoms with E-state index in [1.807, 2.05) is 19.1 Å². The van der Waals surface area contributed by atoms with E-state index in [9.17, 15) is 4.79 Å². The minimum Gasteiger partial charge on any atom is -0.363 e. The van der Waals surface area contributed by atoms with Gasteiger partial charge in [0.15, 0.2) is 0 Å². The first kappa shape index (κ1) is 12.0. The number of amides is 1. The Kier molecular flexibility index (Phi) is 3.71. The Morgan fingerprint density at radius 1 is 1.53 bits per heavy atom. The van der Waals surface area contributed by atoms with Crippen LogP contribution in [-0.4, -0.2) is 36.2 Å². The van der Waals surface area contributed by atoms with Gasteiger partial charge in [0.25, 0.3) is 0 Å². The highest BCUT2D eigenvalue weighted by atomic mass is 16.5. The third-order valence-corrected chi connectivity index (χ3v) is 2.79. The Morgan fingerprint density at radius 3 is 2.82 bits per heavy atom. The summed E-state index contributed by atoms with van der Waals surface area (Å²) in [5, 5.41) is 5.93. The molecule has 1 saturated heterocycles. The van der Waals surface area contributed by atoms with E-state index < -0.39 is 0 Å². The molecular formula is C12H17N3O2. The van der Waals surface area contributed by atoms with Crippen LogP contribution >= 0.6 is 0 Å². The van der Waals surface area contributed by atoms with Crippen molar-refractivity contribution in [3.05, 3.63) is 30.1 Å². The molecule has 0 radical (unpaired) electrons. The molecule has 1 fully saturated rings. The van der Waals surface area contributed by atoms with Crippen LogP contribution in [-0.2, 0) is 16.1 Å². The topological polar surface area (TPSA) is 63.2 Å². The molecule has 0 spiro atoms. The van der Waals surface area contributed by atoms with E-state index in [1.165, 1.54) is 0 Å². The lowest BCUT2D eigenvalue weighted by atomic mass is 10.0. The van der Waals surface area contributed by atoms with Gasteiger partial charge in [0, 0.05) is 32.0 Å². The Labute approximate surface area is 101 Å². The summed E-state index contributed by atoms with van der Waals surface area (Å²) in [4.78, 5) is 15.4. The number of nitrogens with zero attached hydrogens (tertiary/aromatic N) is 1. The fourth-order valence-electron chi connectivity index (χ4n) is 1.57. The van der Waals surface area contributed by atoms with Crippen LogP contribution in [0.4, 0.5) is 0 Å². The van der Waals surface area contributed by atoms with Crippen LogP contribution in [0.3, 0.4) is 0 Å². The van der Waals surface area contributed by atoms with Crippen molar-refractivity contribution in [1.29, 1.82) is 0 Å². The SMILES string of the molecule is CC1(OCC(=O)NCc2ccncc2)CNC1. The van der Waals surface area contributed by atoms with Crippen molar-refractivity contribution in [3.63, 3.8) is 0 Å². The summed E-state index contributed by atoms with van der Waals surface area (Å²) in [5.41, 5.74) is 0.860. The monoisotopic (exact) mass is 235 g/mol. The first-order valence-electron chi connectivity index (χ1n) is 5.68. The van der Waals surface area contributed by atoms with Crippen LogP contribution in [0.1, 0.15) is 12.5 Å². The number of pyridine rings is 1. The minimum atomic E-state index is -0.173. The van der Waals surface area contributed by atoms with Crippen LogP contribution < -0.4 is 10.6 Å². The lowest BCUT2D eigenvalue weighted by Gasteiger charge is -2.38. The van der Waals surface area contributed by atoms with E-state index in [1.54, 1.807) is 12.4 Å². The molecule has 1 aliphatic heterocycles. The van der Waals surface area contributed by atoms with E-state index in [0.29, 0.717) is 6.54 Å². The predicted molar refractivity (Wildman–Crippen MR) is 63.3 cm³/mol. The summed E-state index contributed by atoms with van der Waals surface area (Å²) in [6.45, 7) is 4.25. The van der Waals surface area contributed by atoms with Crippen molar-refractivity contribution >= 4 is 5.91 Å². The summed E-state index contributed by atoms with van der Waals surface area (Å²) in [6, 6.07) is 3.75. The molecule has 1 aromatic heterocycles. The number of hydrogen-bond donors (Lipinski definition) is 2. The zero-order valence-corrected chi connectivity index (χ0v) is 9.90. The van der Waals surface area contributed by atoms with Gasteiger partial charge in [-0.15, -0.1) is 0 Å². The van der Waals surface area contributed by atoms with Gasteiger partial charge < -0.3 is 15.4 Å². The van der Waals surface area contributed by atoms with E-state index in [0.717, 1.165) is 18.7 Å². The van der Waals surface area contributed by atoms with Crippen molar-refractivity contribution in [2.75, 3.05) is 19.7 Å². The number of ether oxygens (including phenoxy) is 1. The predicted octanol–water partition coefficient (Wildman–Crippen LogP) is 0.0763. The van der Waals surface area contributed by atoms with Crippen LogP contribution in [0, 0.1) is 0 Å². The maximum Gasteiger partial charge on any atom is 0.246 e. The summed E-state index contributed by atoms with van der Waals surface area (Å²) in [7, 11) is 0. The number of nitrogens with one attached hydrogen (secondary N) is 2. The van der Waals surface area contributed by atoms with Crippen molar-refractivity contribution in [3.8, 4) is 0 Å². The average Bonchev–Trinajstić information content (AvgIpc) is 2.33. The fraction of sp³-hybridized carbons (Fsp3) is 0.500. The zero-order chi connectivity index (χ0) is 12.1. The number of rotatable bonds is 5. The van der Waals surface area contributed by atoms with Gasteiger partial charge >= 0.3 is 0 Å². The second kappa shape index (κ2) is 5.25. The van der Waals surface area contributed by atoms with Gasteiger partial charge in [-0.3, -0.25) is 9.78 Å². The zero-order valence-electron chi connectivity index (χ0n) is 9.90. The summed E-state index contributed by atoms with van der Waals surface area (Å²) in [6.07, 6.45) is 3.41. The molecule has 17 heavy (non-hydrogen) atoms. The van der Waals surface area contributed by atoms with Gasteiger partial charge in [-0.2, -0.15) is 0 Å². The molecule has 2 N–H and O–H groups in total. The molecule has 0 unspecified atom stereocenters. The first-order chi connectivity index (χ1) is 8.18. The van der Waals surface area contributed by atoms with Crippen LogP contribution in [0.15, 0.2) is 24.5 Å². The van der Waals surface area contributed by atoms with E-state index in [4.69, 9.17) is 4.74 Å². The smallest absolute Gasteiger partial charge is 0.246 e. The normalized spacial score (nSPS) is 17.2. The van der Waals surface area contributed by atoms with Gasteiger partial charge in [-0.05, 0) is 24.6 Å². The molecule has 5 nitrogen and oxygen atoms in total. The Balaban J connectivity index is 1.67. The summed E-state index contributed by atoms with van der Waals surface area (Å²) < 4.78 is 5.53. The second-order valence-electron chi connectivity index (χ2n) is 4.47. The van der Waals surface area contributed by atoms with Crippen molar-refractivity contribution in [2.24, 2.45) is 0 Å². The number of carbonyl (C=O) groups excluding carboxylic acids is 1. The second-order valence-corrected chi connectivity index (χ2v) is 4.47. The Bertz CT molecular complexity index is 377. The molecule has 92 valence electrons. The molecule has 1 aromatic rings. The highest BCUT2D eigenvalue weighted by Gasteiger charge is 2.32. The van der Waals surface area contributed by atoms with Crippen molar-refractivity contribution < 1.29 is 9.53 Å². The van der Waals surface area contributed by atoms with Gasteiger partial charge in [-0.25, -0.2) is 0 Å². The van der Waals surface area contributed by atoms with Crippen LogP contribution in [0.5, 0.6) is 0 Å². The fourth-order valence-corrected chi connectivity index (χ4v) is 1.57. The van der Waals surface area contributed by atoms with E-state index >= 15 is 0 Å². The molecule has 5 heteroatoms. The highest BCUT2D eigenvalue weighted by Crippen LogP contribution is 2.14. The lowest BCUT2D eigenvalue weighted by molar-refractivity contribution is -0.136. The van der Waals surface area contributed by atoms with E-state index in [-0.39, 0.29) is 18.1 Å². The van der Waals surface area contributed by atoms with Gasteiger partial charge in [-0.1, -0.05) is 0 Å². The van der Waals surface area contributed by atoms with Crippen LogP contribution in [0.25, 0.3) is 0 Å². The van der Waals surface area contributed by atoms with Gasteiger partial charge in [0.2, 0.25) is 5.91 Å². The first-order valence-corrected chi connectivity index (χ1v) is 5.68. The number of aromatic nitrogens is 1. The van der Waals surface area contributed by atoms with Gasteiger partial charge in [0.1, 0.15) is 6.61 Å². The largest absolute Gasteiger partial charge is 0.363 e. The molecule has 0 aliphatic carbocycles. The quantitative estimate of drug-likeness (QED) is 0.758. The molecule has 0 atom stereocenters. The highest BCUT2D eigenvalue weighted by molar-refractivity contribution is 5.77. The average molecular weight is 235 g/mol. The molecule has 1 amide bonds. The summed E-state index contributed by atoms with van der Waals surface area (Å²) in [5.74, 6) is -0.0880. The Hall–Kier alpha value is -1.46. The molecule has 2 heterocycles. The standard InChI is InChI=1S/C12H17N3O2/c1-12(8-14-9-12)17-7-11(16)15-6-10-2-4-13-5-3-10/h2-5,14H,6-9H2,1H3,(H,15,16). The summed E-state index contributed by atoms with van der Waals surface area (Å²) >= 11 is 0. The molecule has 1 aliphatic rings. The maximum absolute atomic E-state index is 11.5. The molecular weight excluding hydrogens is 218 g/mol. The van der Waals surface area contributed by atoms with E-state index in [2.05, 4.69) is 15.6 Å². The number of hydrogen-bond acceptors (Lipinski definition) is 4. The lowest BCUT2D eigenvalue weighted by Crippen LogP contribution is -2.59. The maximum atomic E-state index is 11.5. The van der Waals surface area contributed by atoms with Crippen LogP contribution in [0.2, 0.25) is 0 Å². The molecule has 0 saturated carbocycles. The minimum absolute atomic E-state index is 0.0880. The third-order valence-electron chi connectivity index (χ3n) is 2.79. The third kappa shape index (κ3) is 3.51. The van der Waals surface area contributed by atoms with Crippen molar-refractivity contribution in [2.45, 2.75) is 19.1 Å². The van der Waals surface area contributed by atoms with Gasteiger partial charge in [0.05, 0.1) is 5.60 Å². The molecule has 2 rings (SSSR count). The molecule has 0 aromatic carbocycles. The van der Waals surface area contributed by atoms with Crippen molar-refractivity contribution in [1.82, 2.24) is 15.6 Å². The molecule has 0 bridgehead atoms. The number of carbonyl (C=O) groups is 1. The Morgan fingerprint density at radius 2 is 2.24 bits per heavy atom.